The Hall–Kier alpha value is -0.340. The maximum absolute atomic E-state index is 3.77. The SMILES string of the molecule is C/C=C/CN1CC(C(C)CC)NCC1C(C)(C)C. The Morgan fingerprint density at radius 2 is 2.06 bits per heavy atom. The first-order valence-electron chi connectivity index (χ1n) is 7.48. The maximum atomic E-state index is 3.77. The second-order valence-corrected chi connectivity index (χ2v) is 6.81. The number of hydrogen-bond acceptors (Lipinski definition) is 2. The molecular weight excluding hydrogens is 220 g/mol. The molecule has 1 heterocycles. The molecule has 0 aromatic heterocycles. The molecule has 0 saturated carbocycles. The highest BCUT2D eigenvalue weighted by atomic mass is 15.2. The first-order chi connectivity index (χ1) is 8.40. The Morgan fingerprint density at radius 1 is 1.39 bits per heavy atom. The predicted octanol–water partition coefficient (Wildman–Crippen LogP) is 3.30. The van der Waals surface area contributed by atoms with Crippen LogP contribution >= 0.6 is 0 Å². The average molecular weight is 252 g/mol. The van der Waals surface area contributed by atoms with E-state index in [9.17, 15) is 0 Å². The van der Waals surface area contributed by atoms with Crippen LogP contribution in [0.3, 0.4) is 0 Å². The summed E-state index contributed by atoms with van der Waals surface area (Å²) in [7, 11) is 0. The van der Waals surface area contributed by atoms with Crippen molar-refractivity contribution in [1.82, 2.24) is 10.2 Å². The van der Waals surface area contributed by atoms with E-state index in [1.165, 1.54) is 13.0 Å². The van der Waals surface area contributed by atoms with Crippen molar-refractivity contribution >= 4 is 0 Å². The zero-order chi connectivity index (χ0) is 13.8. The van der Waals surface area contributed by atoms with Crippen LogP contribution in [0.4, 0.5) is 0 Å². The van der Waals surface area contributed by atoms with Gasteiger partial charge in [0.25, 0.3) is 0 Å². The molecule has 0 aromatic carbocycles. The normalized spacial score (nSPS) is 28.8. The summed E-state index contributed by atoms with van der Waals surface area (Å²) >= 11 is 0. The molecule has 2 nitrogen and oxygen atoms in total. The molecule has 0 radical (unpaired) electrons. The van der Waals surface area contributed by atoms with Crippen molar-refractivity contribution in [3.8, 4) is 0 Å². The van der Waals surface area contributed by atoms with Crippen LogP contribution in [0.5, 0.6) is 0 Å². The summed E-state index contributed by atoms with van der Waals surface area (Å²) in [6.45, 7) is 17.2. The van der Waals surface area contributed by atoms with E-state index < -0.39 is 0 Å². The molecule has 1 saturated heterocycles. The van der Waals surface area contributed by atoms with Crippen molar-refractivity contribution in [2.75, 3.05) is 19.6 Å². The minimum Gasteiger partial charge on any atom is -0.311 e. The molecule has 3 atom stereocenters. The second-order valence-electron chi connectivity index (χ2n) is 6.81. The fourth-order valence-electron chi connectivity index (χ4n) is 2.80. The predicted molar refractivity (Wildman–Crippen MR) is 80.9 cm³/mol. The van der Waals surface area contributed by atoms with Gasteiger partial charge in [0.15, 0.2) is 0 Å². The monoisotopic (exact) mass is 252 g/mol. The topological polar surface area (TPSA) is 15.3 Å². The summed E-state index contributed by atoms with van der Waals surface area (Å²) in [6, 6.07) is 1.29. The van der Waals surface area contributed by atoms with Crippen LogP contribution in [0, 0.1) is 11.3 Å². The van der Waals surface area contributed by atoms with Gasteiger partial charge < -0.3 is 5.32 Å². The van der Waals surface area contributed by atoms with Gasteiger partial charge in [-0.25, -0.2) is 0 Å². The van der Waals surface area contributed by atoms with Crippen LogP contribution in [0.25, 0.3) is 0 Å². The number of rotatable bonds is 4. The Bertz CT molecular complexity index is 265. The summed E-state index contributed by atoms with van der Waals surface area (Å²) in [6.07, 6.45) is 5.72. The lowest BCUT2D eigenvalue weighted by Gasteiger charge is -2.47. The lowest BCUT2D eigenvalue weighted by atomic mass is 9.82. The van der Waals surface area contributed by atoms with Crippen LogP contribution in [0.2, 0.25) is 0 Å². The number of allylic oxidation sites excluding steroid dienone is 1. The van der Waals surface area contributed by atoms with Gasteiger partial charge >= 0.3 is 0 Å². The maximum Gasteiger partial charge on any atom is 0.0273 e. The number of piperazine rings is 1. The van der Waals surface area contributed by atoms with Crippen molar-refractivity contribution in [3.63, 3.8) is 0 Å². The standard InChI is InChI=1S/C16H32N2/c1-7-9-10-18-12-14(13(3)8-2)17-11-15(18)16(4,5)6/h7,9,13-15,17H,8,10-12H2,1-6H3/b9-7+. The van der Waals surface area contributed by atoms with Crippen molar-refractivity contribution in [2.45, 2.75) is 60.0 Å². The Kier molecular flexibility index (Phi) is 5.87. The summed E-state index contributed by atoms with van der Waals surface area (Å²) in [5.41, 5.74) is 0.342. The first kappa shape index (κ1) is 15.7. The van der Waals surface area contributed by atoms with E-state index in [4.69, 9.17) is 0 Å². The minimum atomic E-state index is 0.342. The van der Waals surface area contributed by atoms with Gasteiger partial charge in [0.1, 0.15) is 0 Å². The van der Waals surface area contributed by atoms with Gasteiger partial charge in [-0.15, -0.1) is 0 Å². The number of nitrogens with zero attached hydrogens (tertiary/aromatic N) is 1. The lowest BCUT2D eigenvalue weighted by molar-refractivity contribution is 0.0535. The van der Waals surface area contributed by atoms with E-state index in [1.807, 2.05) is 0 Å². The average Bonchev–Trinajstić information content (AvgIpc) is 2.33. The van der Waals surface area contributed by atoms with Crippen molar-refractivity contribution in [2.24, 2.45) is 11.3 Å². The molecule has 1 fully saturated rings. The van der Waals surface area contributed by atoms with Gasteiger partial charge in [0.2, 0.25) is 0 Å². The fraction of sp³-hybridized carbons (Fsp3) is 0.875. The van der Waals surface area contributed by atoms with Gasteiger partial charge in [-0.3, -0.25) is 4.90 Å². The van der Waals surface area contributed by atoms with Gasteiger partial charge in [-0.05, 0) is 18.3 Å². The van der Waals surface area contributed by atoms with E-state index in [0.717, 1.165) is 19.0 Å². The van der Waals surface area contributed by atoms with Crippen LogP contribution in [0.1, 0.15) is 48.0 Å². The Labute approximate surface area is 114 Å². The van der Waals surface area contributed by atoms with E-state index in [2.05, 4.69) is 63.9 Å². The molecule has 1 N–H and O–H groups in total. The van der Waals surface area contributed by atoms with Gasteiger partial charge in [0.05, 0.1) is 0 Å². The second kappa shape index (κ2) is 6.72. The highest BCUT2D eigenvalue weighted by molar-refractivity contribution is 4.96. The largest absolute Gasteiger partial charge is 0.311 e. The zero-order valence-electron chi connectivity index (χ0n) is 13.2. The summed E-state index contributed by atoms with van der Waals surface area (Å²) in [4.78, 5) is 2.66. The Morgan fingerprint density at radius 3 is 2.56 bits per heavy atom. The lowest BCUT2D eigenvalue weighted by Crippen LogP contribution is -2.61. The van der Waals surface area contributed by atoms with Crippen molar-refractivity contribution in [1.29, 1.82) is 0 Å². The van der Waals surface area contributed by atoms with Crippen molar-refractivity contribution in [3.05, 3.63) is 12.2 Å². The van der Waals surface area contributed by atoms with Crippen LogP contribution in [-0.4, -0.2) is 36.6 Å². The molecule has 1 rings (SSSR count). The van der Waals surface area contributed by atoms with Gasteiger partial charge in [0, 0.05) is 31.7 Å². The van der Waals surface area contributed by atoms with Crippen LogP contribution < -0.4 is 5.32 Å². The van der Waals surface area contributed by atoms with Crippen LogP contribution in [0.15, 0.2) is 12.2 Å². The number of hydrogen-bond donors (Lipinski definition) is 1. The van der Waals surface area contributed by atoms with Gasteiger partial charge in [-0.2, -0.15) is 0 Å². The molecule has 1 aliphatic heterocycles. The summed E-state index contributed by atoms with van der Waals surface area (Å²) in [5, 5.41) is 3.77. The third-order valence-corrected chi connectivity index (χ3v) is 4.35. The molecule has 2 heteroatoms. The Balaban J connectivity index is 2.72. The molecule has 1 aliphatic rings. The molecule has 0 aromatic rings. The van der Waals surface area contributed by atoms with Gasteiger partial charge in [-0.1, -0.05) is 53.2 Å². The van der Waals surface area contributed by atoms with Crippen molar-refractivity contribution < 1.29 is 0 Å². The highest BCUT2D eigenvalue weighted by Gasteiger charge is 2.35. The molecule has 18 heavy (non-hydrogen) atoms. The first-order valence-corrected chi connectivity index (χ1v) is 7.48. The highest BCUT2D eigenvalue weighted by Crippen LogP contribution is 2.27. The minimum absolute atomic E-state index is 0.342. The zero-order valence-corrected chi connectivity index (χ0v) is 13.2. The molecule has 0 aliphatic carbocycles. The third kappa shape index (κ3) is 4.10. The summed E-state index contributed by atoms with van der Waals surface area (Å²) in [5.74, 6) is 0.763. The van der Waals surface area contributed by atoms with E-state index in [1.54, 1.807) is 0 Å². The summed E-state index contributed by atoms with van der Waals surface area (Å²) < 4.78 is 0. The molecule has 0 spiro atoms. The smallest absolute Gasteiger partial charge is 0.0273 e. The van der Waals surface area contributed by atoms with E-state index in [0.29, 0.717) is 17.5 Å². The fourth-order valence-corrected chi connectivity index (χ4v) is 2.80. The molecule has 0 bridgehead atoms. The van der Waals surface area contributed by atoms with E-state index >= 15 is 0 Å². The van der Waals surface area contributed by atoms with Crippen LogP contribution in [-0.2, 0) is 0 Å². The molecule has 3 unspecified atom stereocenters. The van der Waals surface area contributed by atoms with E-state index in [-0.39, 0.29) is 0 Å². The number of nitrogens with one attached hydrogen (secondary N) is 1. The molecular formula is C16H32N2. The quantitative estimate of drug-likeness (QED) is 0.772. The molecule has 0 amide bonds. The third-order valence-electron chi connectivity index (χ3n) is 4.35. The molecule has 106 valence electrons.